The Kier molecular flexibility index (Phi) is 2.44. The Morgan fingerprint density at radius 2 is 1.58 bits per heavy atom. The third-order valence-electron chi connectivity index (χ3n) is 1.52. The van der Waals surface area contributed by atoms with Crippen molar-refractivity contribution in [2.24, 2.45) is 0 Å². The number of nitrogen functional groups attached to an aromatic ring is 1. The molecule has 1 rings (SSSR count). The number of anilines is 1. The van der Waals surface area contributed by atoms with Crippen molar-refractivity contribution in [3.05, 3.63) is 27.2 Å². The van der Waals surface area contributed by atoms with Crippen LogP contribution in [-0.4, -0.2) is 0 Å². The molecule has 0 fully saturated rings. The van der Waals surface area contributed by atoms with Crippen LogP contribution in [0.2, 0.25) is 10.0 Å². The van der Waals surface area contributed by atoms with Crippen LogP contribution in [0.25, 0.3) is 0 Å². The average Bonchev–Trinajstić information content (AvgIpc) is 2.08. The van der Waals surface area contributed by atoms with Gasteiger partial charge >= 0.3 is 0 Å². The molecule has 2 N–H and O–H groups in total. The fourth-order valence-corrected chi connectivity index (χ4v) is 1.18. The van der Waals surface area contributed by atoms with Crippen LogP contribution in [0.4, 0.5) is 14.5 Å². The molecule has 1 nitrogen and oxygen atoms in total. The Balaban J connectivity index is 3.60. The van der Waals surface area contributed by atoms with Gasteiger partial charge in [0.2, 0.25) is 0 Å². The summed E-state index contributed by atoms with van der Waals surface area (Å²) >= 11 is 10.8. The van der Waals surface area contributed by atoms with Crippen LogP contribution in [0.5, 0.6) is 0 Å². The minimum atomic E-state index is -0.867. The third kappa shape index (κ3) is 1.23. The van der Waals surface area contributed by atoms with Gasteiger partial charge < -0.3 is 5.73 Å². The molecule has 0 spiro atoms. The summed E-state index contributed by atoms with van der Waals surface area (Å²) in [5.74, 6) is -1.73. The van der Waals surface area contributed by atoms with Crippen LogP contribution in [0, 0.1) is 18.6 Å². The Bertz CT molecular complexity index is 234. The number of rotatable bonds is 0. The van der Waals surface area contributed by atoms with Crippen LogP contribution in [0.1, 0.15) is 5.56 Å². The van der Waals surface area contributed by atoms with E-state index in [4.69, 9.17) is 28.9 Å². The van der Waals surface area contributed by atoms with Gasteiger partial charge in [-0.05, 0) is 6.92 Å². The fraction of sp³-hybridized carbons (Fsp3) is 0.143. The van der Waals surface area contributed by atoms with Gasteiger partial charge in [-0.1, -0.05) is 23.2 Å². The van der Waals surface area contributed by atoms with Gasteiger partial charge in [0.05, 0.1) is 15.7 Å². The molecule has 5 heteroatoms. The summed E-state index contributed by atoms with van der Waals surface area (Å²) in [7, 11) is 0. The first-order valence-electron chi connectivity index (χ1n) is 3.04. The van der Waals surface area contributed by atoms with E-state index in [1.807, 2.05) is 0 Å². The molecule has 0 saturated carbocycles. The molecule has 0 bridgehead atoms. The molecule has 0 amide bonds. The minimum absolute atomic E-state index is 0.220. The Morgan fingerprint density at radius 1 is 1.08 bits per heavy atom. The summed E-state index contributed by atoms with van der Waals surface area (Å²) in [6.45, 7) is 1.24. The highest BCUT2D eigenvalue weighted by atomic mass is 35.5. The van der Waals surface area contributed by atoms with Gasteiger partial charge in [0.1, 0.15) is 5.82 Å². The van der Waals surface area contributed by atoms with Crippen molar-refractivity contribution in [3.8, 4) is 0 Å². The van der Waals surface area contributed by atoms with Crippen molar-refractivity contribution in [3.63, 3.8) is 0 Å². The second kappa shape index (κ2) is 3.07. The third-order valence-corrected chi connectivity index (χ3v) is 2.36. The lowest BCUT2D eigenvalue weighted by atomic mass is 10.2. The number of benzene rings is 1. The Hall–Kier alpha value is -0.540. The molecule has 1 aromatic rings. The molecule has 66 valence electrons. The molecule has 0 aliphatic carbocycles. The minimum Gasteiger partial charge on any atom is -0.395 e. The monoisotopic (exact) mass is 211 g/mol. The lowest BCUT2D eigenvalue weighted by molar-refractivity contribution is 0.571. The molecular formula is C7H5Cl2F2N. The van der Waals surface area contributed by atoms with Gasteiger partial charge in [-0.15, -0.1) is 0 Å². The van der Waals surface area contributed by atoms with Crippen molar-refractivity contribution in [2.45, 2.75) is 6.92 Å². The molecule has 0 radical (unpaired) electrons. The zero-order valence-electron chi connectivity index (χ0n) is 6.09. The van der Waals surface area contributed by atoms with Crippen molar-refractivity contribution >= 4 is 28.9 Å². The van der Waals surface area contributed by atoms with Gasteiger partial charge in [0.25, 0.3) is 0 Å². The smallest absolute Gasteiger partial charge is 0.153 e. The standard InChI is InChI=1S/C7H5Cl2F2N/c1-2-5(10)3(8)4(9)7(12)6(2)11/h12H2,1H3. The second-order valence-corrected chi connectivity index (χ2v) is 3.05. The summed E-state index contributed by atoms with van der Waals surface area (Å²) in [5, 5.41) is -0.620. The highest BCUT2D eigenvalue weighted by molar-refractivity contribution is 6.43. The highest BCUT2D eigenvalue weighted by Gasteiger charge is 2.17. The highest BCUT2D eigenvalue weighted by Crippen LogP contribution is 2.34. The predicted octanol–water partition coefficient (Wildman–Crippen LogP) is 3.16. The maximum absolute atomic E-state index is 12.9. The molecule has 0 aliphatic heterocycles. The number of hydrogen-bond donors (Lipinski definition) is 1. The number of halogens is 4. The van der Waals surface area contributed by atoms with E-state index >= 15 is 0 Å². The quantitative estimate of drug-likeness (QED) is 0.399. The first-order chi connectivity index (χ1) is 5.46. The fourth-order valence-electron chi connectivity index (χ4n) is 0.774. The lowest BCUT2D eigenvalue weighted by Crippen LogP contribution is -1.99. The van der Waals surface area contributed by atoms with Gasteiger partial charge in [-0.25, -0.2) is 8.78 Å². The molecule has 0 aromatic heterocycles. The topological polar surface area (TPSA) is 26.0 Å². The SMILES string of the molecule is Cc1c(F)c(N)c(Cl)c(Cl)c1F. The summed E-state index contributed by atoms with van der Waals surface area (Å²) in [6, 6.07) is 0. The zero-order chi connectivity index (χ0) is 9.46. The van der Waals surface area contributed by atoms with Crippen LogP contribution in [0.15, 0.2) is 0 Å². The van der Waals surface area contributed by atoms with Crippen LogP contribution < -0.4 is 5.73 Å². The molecule has 12 heavy (non-hydrogen) atoms. The Morgan fingerprint density at radius 3 is 2.08 bits per heavy atom. The first-order valence-corrected chi connectivity index (χ1v) is 3.80. The maximum Gasteiger partial charge on any atom is 0.153 e. The zero-order valence-corrected chi connectivity index (χ0v) is 7.60. The molecule has 0 saturated heterocycles. The van der Waals surface area contributed by atoms with Crippen molar-refractivity contribution in [1.29, 1.82) is 0 Å². The van der Waals surface area contributed by atoms with Crippen LogP contribution in [0.3, 0.4) is 0 Å². The summed E-state index contributed by atoms with van der Waals surface area (Å²) in [4.78, 5) is 0. The van der Waals surface area contributed by atoms with E-state index in [0.29, 0.717) is 0 Å². The van der Waals surface area contributed by atoms with Crippen molar-refractivity contribution in [2.75, 3.05) is 5.73 Å². The molecule has 0 aliphatic rings. The Labute approximate surface area is 78.1 Å². The largest absolute Gasteiger partial charge is 0.395 e. The second-order valence-electron chi connectivity index (χ2n) is 2.29. The van der Waals surface area contributed by atoms with E-state index in [1.54, 1.807) is 0 Å². The van der Waals surface area contributed by atoms with Crippen LogP contribution in [-0.2, 0) is 0 Å². The normalized spacial score (nSPS) is 10.4. The van der Waals surface area contributed by atoms with E-state index in [2.05, 4.69) is 0 Å². The summed E-state index contributed by atoms with van der Waals surface area (Å²) < 4.78 is 25.8. The van der Waals surface area contributed by atoms with Gasteiger partial charge in [-0.2, -0.15) is 0 Å². The van der Waals surface area contributed by atoms with Crippen molar-refractivity contribution < 1.29 is 8.78 Å². The maximum atomic E-state index is 12.9. The number of nitrogens with two attached hydrogens (primary N) is 1. The van der Waals surface area contributed by atoms with E-state index < -0.39 is 11.6 Å². The molecule has 0 unspecified atom stereocenters. The summed E-state index contributed by atoms with van der Waals surface area (Å²) in [5.41, 5.74) is 4.65. The molecule has 1 aromatic carbocycles. The lowest BCUT2D eigenvalue weighted by Gasteiger charge is -2.06. The first kappa shape index (κ1) is 9.55. The molecule has 0 atom stereocenters. The van der Waals surface area contributed by atoms with Crippen LogP contribution >= 0.6 is 23.2 Å². The van der Waals surface area contributed by atoms with Gasteiger partial charge in [-0.3, -0.25) is 0 Å². The van der Waals surface area contributed by atoms with E-state index in [-0.39, 0.29) is 21.3 Å². The average molecular weight is 212 g/mol. The summed E-state index contributed by atoms with van der Waals surface area (Å²) in [6.07, 6.45) is 0. The number of hydrogen-bond acceptors (Lipinski definition) is 1. The molecular weight excluding hydrogens is 207 g/mol. The predicted molar refractivity (Wildman–Crippen MR) is 45.5 cm³/mol. The van der Waals surface area contributed by atoms with E-state index in [9.17, 15) is 8.78 Å². The van der Waals surface area contributed by atoms with E-state index in [1.165, 1.54) is 6.92 Å². The van der Waals surface area contributed by atoms with Gasteiger partial charge in [0.15, 0.2) is 5.82 Å². The van der Waals surface area contributed by atoms with Crippen molar-refractivity contribution in [1.82, 2.24) is 0 Å². The van der Waals surface area contributed by atoms with E-state index in [0.717, 1.165) is 0 Å². The molecule has 0 heterocycles. The van der Waals surface area contributed by atoms with Gasteiger partial charge in [0, 0.05) is 5.56 Å².